The Labute approximate surface area is 184 Å². The van der Waals surface area contributed by atoms with Crippen LogP contribution < -0.4 is 10.5 Å². The van der Waals surface area contributed by atoms with Crippen molar-refractivity contribution >= 4 is 29.0 Å². The van der Waals surface area contributed by atoms with Crippen LogP contribution >= 0.6 is 11.6 Å². The van der Waals surface area contributed by atoms with Crippen LogP contribution in [0.15, 0.2) is 29.3 Å². The summed E-state index contributed by atoms with van der Waals surface area (Å²) in [5.41, 5.74) is 2.30. The smallest absolute Gasteiger partial charge is 0.260 e. The van der Waals surface area contributed by atoms with E-state index in [1.165, 1.54) is 25.1 Å². The number of halogens is 1. The number of aromatic amines is 1. The summed E-state index contributed by atoms with van der Waals surface area (Å²) in [5.74, 6) is 0.700. The fraction of sp³-hybridized carbons (Fsp3) is 0.455. The highest BCUT2D eigenvalue weighted by atomic mass is 35.5. The van der Waals surface area contributed by atoms with Crippen molar-refractivity contribution in [3.8, 4) is 0 Å². The van der Waals surface area contributed by atoms with Crippen molar-refractivity contribution < 1.29 is 4.79 Å². The molecule has 0 aliphatic carbocycles. The molecule has 0 bridgehead atoms. The van der Waals surface area contributed by atoms with Gasteiger partial charge < -0.3 is 14.8 Å². The van der Waals surface area contributed by atoms with Gasteiger partial charge in [0.1, 0.15) is 11.4 Å². The molecule has 0 aromatic carbocycles. The summed E-state index contributed by atoms with van der Waals surface area (Å²) in [6.07, 6.45) is 8.48. The lowest BCUT2D eigenvalue weighted by molar-refractivity contribution is 0.0604. The first-order chi connectivity index (χ1) is 15.0. The van der Waals surface area contributed by atoms with E-state index in [9.17, 15) is 9.59 Å². The van der Waals surface area contributed by atoms with Gasteiger partial charge >= 0.3 is 0 Å². The summed E-state index contributed by atoms with van der Waals surface area (Å²) in [4.78, 5) is 37.0. The molecule has 8 nitrogen and oxygen atoms in total. The van der Waals surface area contributed by atoms with E-state index in [0.717, 1.165) is 55.1 Å². The zero-order chi connectivity index (χ0) is 21.5. The van der Waals surface area contributed by atoms with Gasteiger partial charge in [-0.1, -0.05) is 11.6 Å². The maximum absolute atomic E-state index is 13.2. The van der Waals surface area contributed by atoms with Crippen LogP contribution in [0.25, 0.3) is 5.65 Å². The minimum atomic E-state index is -0.429. The predicted octanol–water partition coefficient (Wildman–Crippen LogP) is 3.35. The number of H-pyrrole nitrogens is 1. The number of hydrogen-bond acceptors (Lipinski definition) is 5. The lowest BCUT2D eigenvalue weighted by Crippen LogP contribution is -2.40. The Bertz CT molecular complexity index is 1200. The monoisotopic (exact) mass is 440 g/mol. The van der Waals surface area contributed by atoms with E-state index in [1.54, 1.807) is 9.42 Å². The Morgan fingerprint density at radius 3 is 2.74 bits per heavy atom. The number of piperidine rings is 1. The lowest BCUT2D eigenvalue weighted by atomic mass is 9.98. The van der Waals surface area contributed by atoms with Crippen LogP contribution in [0.2, 0.25) is 5.02 Å². The zero-order valence-electron chi connectivity index (χ0n) is 17.5. The number of anilines is 1. The largest absolute Gasteiger partial charge is 0.356 e. The molecule has 2 aliphatic rings. The second kappa shape index (κ2) is 8.00. The average Bonchev–Trinajstić information content (AvgIpc) is 3.44. The number of carbonyl (C=O) groups is 1. The summed E-state index contributed by atoms with van der Waals surface area (Å²) in [6, 6.07) is 3.21. The number of fused-ring (bicyclic) bond motifs is 1. The van der Waals surface area contributed by atoms with Gasteiger partial charge in [0.05, 0.1) is 16.8 Å². The number of rotatable bonds is 3. The first-order valence-corrected chi connectivity index (χ1v) is 11.2. The Hall–Kier alpha value is -2.87. The molecular weight excluding hydrogens is 416 g/mol. The van der Waals surface area contributed by atoms with E-state index in [4.69, 9.17) is 21.7 Å². The van der Waals surface area contributed by atoms with Gasteiger partial charge in [0, 0.05) is 43.7 Å². The van der Waals surface area contributed by atoms with Gasteiger partial charge in [-0.3, -0.25) is 9.59 Å². The number of aryl methyl sites for hydroxylation is 1. The number of hydrogen-bond donors (Lipinski definition) is 1. The summed E-state index contributed by atoms with van der Waals surface area (Å²) in [5, 5.41) is 5.09. The van der Waals surface area contributed by atoms with Crippen LogP contribution in [0.3, 0.4) is 0 Å². The second-order valence-electron chi connectivity index (χ2n) is 8.38. The quantitative estimate of drug-likeness (QED) is 0.674. The van der Waals surface area contributed by atoms with Crippen molar-refractivity contribution in [3.05, 3.63) is 56.7 Å². The molecule has 0 saturated carbocycles. The molecule has 5 heterocycles. The predicted molar refractivity (Wildman–Crippen MR) is 119 cm³/mol. The van der Waals surface area contributed by atoms with E-state index in [-0.39, 0.29) is 17.5 Å². The molecule has 3 aromatic heterocycles. The summed E-state index contributed by atoms with van der Waals surface area (Å²) in [6.45, 7) is 4.70. The first kappa shape index (κ1) is 20.1. The molecule has 31 heavy (non-hydrogen) atoms. The number of aromatic nitrogens is 4. The number of nitrogens with one attached hydrogen (secondary N) is 1. The van der Waals surface area contributed by atoms with Crippen molar-refractivity contribution in [1.29, 1.82) is 0 Å². The lowest BCUT2D eigenvalue weighted by Gasteiger charge is -2.34. The van der Waals surface area contributed by atoms with Crippen LogP contribution in [-0.4, -0.2) is 50.0 Å². The van der Waals surface area contributed by atoms with Gasteiger partial charge in [-0.25, -0.2) is 9.50 Å². The van der Waals surface area contributed by atoms with E-state index in [1.807, 2.05) is 12.3 Å². The molecule has 2 aliphatic heterocycles. The normalized spacial score (nSPS) is 19.4. The van der Waals surface area contributed by atoms with Gasteiger partial charge in [-0.05, 0) is 45.1 Å². The van der Waals surface area contributed by atoms with Crippen LogP contribution in [0.1, 0.15) is 59.8 Å². The number of pyridine rings is 1. The molecular formula is C22H25ClN6O2. The first-order valence-electron chi connectivity index (χ1n) is 10.8. The highest BCUT2D eigenvalue weighted by molar-refractivity contribution is 6.30. The van der Waals surface area contributed by atoms with Crippen molar-refractivity contribution in [2.24, 2.45) is 0 Å². The van der Waals surface area contributed by atoms with Crippen LogP contribution in [-0.2, 0) is 0 Å². The minimum absolute atomic E-state index is 0.0634. The third kappa shape index (κ3) is 3.69. The topological polar surface area (TPSA) is 86.6 Å². The van der Waals surface area contributed by atoms with Crippen LogP contribution in [0.4, 0.5) is 5.82 Å². The average molecular weight is 441 g/mol. The number of amides is 1. The Kier molecular flexibility index (Phi) is 5.17. The molecule has 1 amide bonds. The van der Waals surface area contributed by atoms with E-state index in [2.05, 4.69) is 16.8 Å². The maximum atomic E-state index is 13.2. The molecule has 1 atom stereocenters. The minimum Gasteiger partial charge on any atom is -0.356 e. The van der Waals surface area contributed by atoms with Crippen LogP contribution in [0.5, 0.6) is 0 Å². The van der Waals surface area contributed by atoms with Crippen molar-refractivity contribution in [2.45, 2.75) is 45.1 Å². The molecule has 2 fully saturated rings. The SMILES string of the molecule is Cc1cn2nc(C3CCCCN3C(=O)c3cc(Cl)c[nH]c3=O)cc2nc1N1CCCC1. The van der Waals surface area contributed by atoms with Crippen molar-refractivity contribution in [1.82, 2.24) is 24.5 Å². The molecule has 162 valence electrons. The highest BCUT2D eigenvalue weighted by Crippen LogP contribution is 2.32. The van der Waals surface area contributed by atoms with Gasteiger partial charge in [0.2, 0.25) is 0 Å². The molecule has 1 N–H and O–H groups in total. The Balaban J connectivity index is 1.50. The maximum Gasteiger partial charge on any atom is 0.260 e. The van der Waals surface area contributed by atoms with Gasteiger partial charge in [0.25, 0.3) is 11.5 Å². The number of nitrogens with zero attached hydrogens (tertiary/aromatic N) is 5. The molecule has 9 heteroatoms. The van der Waals surface area contributed by atoms with Gasteiger partial charge in [0.15, 0.2) is 5.65 Å². The summed E-state index contributed by atoms with van der Waals surface area (Å²) < 4.78 is 1.80. The molecule has 3 aromatic rings. The standard InChI is InChI=1S/C22H25ClN6O2/c1-14-13-29-19(25-20(14)27-7-4-5-8-27)11-17(26-29)18-6-2-3-9-28(18)22(31)16-10-15(23)12-24-21(16)30/h10-13,18H,2-9H2,1H3,(H,24,30). The third-order valence-electron chi connectivity index (χ3n) is 6.23. The van der Waals surface area contributed by atoms with E-state index < -0.39 is 5.56 Å². The molecule has 5 rings (SSSR count). The third-order valence-corrected chi connectivity index (χ3v) is 6.45. The van der Waals surface area contributed by atoms with Crippen molar-refractivity contribution in [3.63, 3.8) is 0 Å². The summed E-state index contributed by atoms with van der Waals surface area (Å²) >= 11 is 6.02. The van der Waals surface area contributed by atoms with Crippen LogP contribution in [0, 0.1) is 6.92 Å². The fourth-order valence-electron chi connectivity index (χ4n) is 4.68. The van der Waals surface area contributed by atoms with Gasteiger partial charge in [-0.15, -0.1) is 0 Å². The van der Waals surface area contributed by atoms with E-state index in [0.29, 0.717) is 11.6 Å². The zero-order valence-corrected chi connectivity index (χ0v) is 18.2. The Morgan fingerprint density at radius 1 is 1.16 bits per heavy atom. The Morgan fingerprint density at radius 2 is 1.94 bits per heavy atom. The second-order valence-corrected chi connectivity index (χ2v) is 8.82. The van der Waals surface area contributed by atoms with E-state index >= 15 is 0 Å². The molecule has 0 radical (unpaired) electrons. The molecule has 2 saturated heterocycles. The highest BCUT2D eigenvalue weighted by Gasteiger charge is 2.32. The summed E-state index contributed by atoms with van der Waals surface area (Å²) in [7, 11) is 0. The van der Waals surface area contributed by atoms with Gasteiger partial charge in [-0.2, -0.15) is 5.10 Å². The number of carbonyl (C=O) groups excluding carboxylic acids is 1. The number of likely N-dealkylation sites (tertiary alicyclic amines) is 1. The fourth-order valence-corrected chi connectivity index (χ4v) is 4.85. The van der Waals surface area contributed by atoms with Crippen molar-refractivity contribution in [2.75, 3.05) is 24.5 Å². The molecule has 1 unspecified atom stereocenters. The molecule has 0 spiro atoms.